The number of carbonyl (C=O) groups is 2. The molecule has 0 saturated heterocycles. The van der Waals surface area contributed by atoms with Gasteiger partial charge in [0, 0.05) is 24.3 Å². The van der Waals surface area contributed by atoms with Gasteiger partial charge in [0.25, 0.3) is 10.0 Å². The number of sulfonamides is 1. The van der Waals surface area contributed by atoms with Crippen LogP contribution in [0.4, 0.5) is 16.2 Å². The van der Waals surface area contributed by atoms with Crippen LogP contribution in [0.3, 0.4) is 0 Å². The summed E-state index contributed by atoms with van der Waals surface area (Å²) in [6, 6.07) is 13.1. The van der Waals surface area contributed by atoms with E-state index in [-0.39, 0.29) is 10.8 Å². The molecule has 8 nitrogen and oxygen atoms in total. The summed E-state index contributed by atoms with van der Waals surface area (Å²) in [4.78, 5) is 23.9. The topological polar surface area (TPSA) is 114 Å². The molecule has 0 aliphatic rings. The molecule has 186 valence electrons. The van der Waals surface area contributed by atoms with Gasteiger partial charge in [-0.25, -0.2) is 13.2 Å². The van der Waals surface area contributed by atoms with Gasteiger partial charge < -0.3 is 15.4 Å². The molecule has 0 spiro atoms. The van der Waals surface area contributed by atoms with Crippen molar-refractivity contribution in [3.05, 3.63) is 54.1 Å². The van der Waals surface area contributed by atoms with Crippen LogP contribution in [-0.4, -0.2) is 32.6 Å². The molecule has 0 radical (unpaired) electrons. The lowest BCUT2D eigenvalue weighted by atomic mass is 10.1. The van der Waals surface area contributed by atoms with Crippen molar-refractivity contribution >= 4 is 33.4 Å². The molecule has 2 rings (SSSR count). The molecule has 0 aliphatic heterocycles. The van der Waals surface area contributed by atoms with Crippen LogP contribution in [0.2, 0.25) is 0 Å². The van der Waals surface area contributed by atoms with E-state index >= 15 is 0 Å². The second kappa shape index (κ2) is 12.4. The van der Waals surface area contributed by atoms with Crippen LogP contribution in [0.25, 0.3) is 0 Å². The molecule has 0 atom stereocenters. The number of anilines is 2. The quantitative estimate of drug-likeness (QED) is 0.375. The smallest absolute Gasteiger partial charge is 0.407 e. The Morgan fingerprint density at radius 2 is 1.44 bits per heavy atom. The lowest BCUT2D eigenvalue weighted by Crippen LogP contribution is -2.32. The number of aryl methyl sites for hydroxylation is 1. The summed E-state index contributed by atoms with van der Waals surface area (Å²) < 4.78 is 32.6. The number of rotatable bonds is 11. The molecule has 2 amide bonds. The molecule has 0 fully saturated rings. The lowest BCUT2D eigenvalue weighted by molar-refractivity contribution is -0.116. The molecular weight excluding hydrogens is 454 g/mol. The van der Waals surface area contributed by atoms with Crippen molar-refractivity contribution in [2.75, 3.05) is 16.6 Å². The summed E-state index contributed by atoms with van der Waals surface area (Å²) >= 11 is 0. The normalized spacial score (nSPS) is 11.5. The minimum atomic E-state index is -3.67. The van der Waals surface area contributed by atoms with Crippen LogP contribution in [0, 0.1) is 6.92 Å². The monoisotopic (exact) mass is 489 g/mol. The third-order valence-electron chi connectivity index (χ3n) is 4.75. The summed E-state index contributed by atoms with van der Waals surface area (Å²) in [6.07, 6.45) is 3.32. The van der Waals surface area contributed by atoms with Gasteiger partial charge in [0.15, 0.2) is 0 Å². The molecule has 2 aromatic carbocycles. The molecule has 0 bridgehead atoms. The average Bonchev–Trinajstić information content (AvgIpc) is 2.73. The first-order chi connectivity index (χ1) is 15.9. The second-order valence-electron chi connectivity index (χ2n) is 9.14. The van der Waals surface area contributed by atoms with E-state index in [1.807, 2.05) is 27.7 Å². The van der Waals surface area contributed by atoms with Crippen molar-refractivity contribution in [3.63, 3.8) is 0 Å². The lowest BCUT2D eigenvalue weighted by Gasteiger charge is -2.19. The van der Waals surface area contributed by atoms with E-state index in [1.165, 1.54) is 0 Å². The van der Waals surface area contributed by atoms with Gasteiger partial charge in [-0.05, 0) is 76.9 Å². The van der Waals surface area contributed by atoms with Crippen LogP contribution in [0.1, 0.15) is 58.4 Å². The van der Waals surface area contributed by atoms with Crippen molar-refractivity contribution in [1.29, 1.82) is 0 Å². The number of amides is 2. The summed E-state index contributed by atoms with van der Waals surface area (Å²) in [5, 5.41) is 5.54. The largest absolute Gasteiger partial charge is 0.444 e. The molecule has 0 saturated carbocycles. The zero-order valence-corrected chi connectivity index (χ0v) is 21.1. The zero-order valence-electron chi connectivity index (χ0n) is 20.3. The second-order valence-corrected chi connectivity index (χ2v) is 10.8. The fraction of sp³-hybridized carbons (Fsp3) is 0.440. The van der Waals surface area contributed by atoms with Crippen LogP contribution in [0.5, 0.6) is 0 Å². The van der Waals surface area contributed by atoms with Crippen molar-refractivity contribution < 1.29 is 22.7 Å². The minimum absolute atomic E-state index is 0.0973. The maximum Gasteiger partial charge on any atom is 0.407 e. The standard InChI is InChI=1S/C25H35N3O5S/c1-19-10-16-22(17-11-19)34(31,32)28-21-14-12-20(13-15-21)27-23(29)9-7-5-6-8-18-26-24(30)33-25(2,3)4/h10-17,28H,5-9,18H2,1-4H3,(H,26,30)(H,27,29). The maximum absolute atomic E-state index is 12.5. The Morgan fingerprint density at radius 3 is 2.06 bits per heavy atom. The van der Waals surface area contributed by atoms with Gasteiger partial charge in [-0.15, -0.1) is 0 Å². The van der Waals surface area contributed by atoms with Gasteiger partial charge in [-0.1, -0.05) is 30.5 Å². The molecule has 0 aliphatic carbocycles. The molecule has 34 heavy (non-hydrogen) atoms. The van der Waals surface area contributed by atoms with E-state index in [9.17, 15) is 18.0 Å². The molecule has 0 heterocycles. The van der Waals surface area contributed by atoms with E-state index in [1.54, 1.807) is 48.5 Å². The number of hydrogen-bond donors (Lipinski definition) is 3. The minimum Gasteiger partial charge on any atom is -0.444 e. The van der Waals surface area contributed by atoms with Gasteiger partial charge in [0.05, 0.1) is 4.90 Å². The highest BCUT2D eigenvalue weighted by atomic mass is 32.2. The average molecular weight is 490 g/mol. The first kappa shape index (κ1) is 27.2. The van der Waals surface area contributed by atoms with Crippen LogP contribution in [0.15, 0.2) is 53.4 Å². The maximum atomic E-state index is 12.5. The number of alkyl carbamates (subject to hydrolysis) is 1. The Kier molecular flexibility index (Phi) is 9.92. The van der Waals surface area contributed by atoms with Crippen LogP contribution in [-0.2, 0) is 19.6 Å². The van der Waals surface area contributed by atoms with E-state index in [0.29, 0.717) is 24.3 Å². The fourth-order valence-corrected chi connectivity index (χ4v) is 4.10. The van der Waals surface area contributed by atoms with Gasteiger partial charge in [0.2, 0.25) is 5.91 Å². The summed E-state index contributed by atoms with van der Waals surface area (Å²) in [6.45, 7) is 7.89. The highest BCUT2D eigenvalue weighted by molar-refractivity contribution is 7.92. The van der Waals surface area contributed by atoms with E-state index < -0.39 is 21.7 Å². The Bertz CT molecular complexity index is 1040. The first-order valence-corrected chi connectivity index (χ1v) is 12.9. The van der Waals surface area contributed by atoms with Gasteiger partial charge >= 0.3 is 6.09 Å². The Hall–Kier alpha value is -3.07. The SMILES string of the molecule is Cc1ccc(S(=O)(=O)Nc2ccc(NC(=O)CCCCCCNC(=O)OC(C)(C)C)cc2)cc1. The number of unbranched alkanes of at least 4 members (excludes halogenated alkanes) is 3. The molecule has 9 heteroatoms. The molecule has 0 aromatic heterocycles. The Morgan fingerprint density at radius 1 is 0.853 bits per heavy atom. The number of carbonyl (C=O) groups excluding carboxylic acids is 2. The number of hydrogen-bond acceptors (Lipinski definition) is 5. The van der Waals surface area contributed by atoms with Gasteiger partial charge in [0.1, 0.15) is 5.60 Å². The van der Waals surface area contributed by atoms with E-state index in [2.05, 4.69) is 15.4 Å². The summed E-state index contributed by atoms with van der Waals surface area (Å²) in [5.74, 6) is -0.0973. The van der Waals surface area contributed by atoms with Crippen molar-refractivity contribution in [2.45, 2.75) is 70.3 Å². The van der Waals surface area contributed by atoms with Crippen LogP contribution < -0.4 is 15.4 Å². The molecule has 3 N–H and O–H groups in total. The van der Waals surface area contributed by atoms with Crippen molar-refractivity contribution in [1.82, 2.24) is 5.32 Å². The van der Waals surface area contributed by atoms with Crippen LogP contribution >= 0.6 is 0 Å². The van der Waals surface area contributed by atoms with E-state index in [4.69, 9.17) is 4.74 Å². The first-order valence-electron chi connectivity index (χ1n) is 11.4. The molecule has 0 unspecified atom stereocenters. The third kappa shape index (κ3) is 10.2. The van der Waals surface area contributed by atoms with Crippen molar-refractivity contribution in [3.8, 4) is 0 Å². The number of benzene rings is 2. The Balaban J connectivity index is 1.66. The summed E-state index contributed by atoms with van der Waals surface area (Å²) in [5.41, 5.74) is 1.49. The fourth-order valence-electron chi connectivity index (χ4n) is 3.05. The number of nitrogens with one attached hydrogen (secondary N) is 3. The van der Waals surface area contributed by atoms with E-state index in [0.717, 1.165) is 31.2 Å². The van der Waals surface area contributed by atoms with Gasteiger partial charge in [-0.2, -0.15) is 0 Å². The molecular formula is C25H35N3O5S. The zero-order chi connectivity index (χ0) is 25.2. The van der Waals surface area contributed by atoms with Crippen molar-refractivity contribution in [2.24, 2.45) is 0 Å². The van der Waals surface area contributed by atoms with Gasteiger partial charge in [-0.3, -0.25) is 9.52 Å². The number of ether oxygens (including phenoxy) is 1. The summed E-state index contributed by atoms with van der Waals surface area (Å²) in [7, 11) is -3.67. The third-order valence-corrected chi connectivity index (χ3v) is 6.15. The predicted molar refractivity (Wildman–Crippen MR) is 134 cm³/mol. The highest BCUT2D eigenvalue weighted by Crippen LogP contribution is 2.19. The molecule has 2 aromatic rings. The highest BCUT2D eigenvalue weighted by Gasteiger charge is 2.15. The Labute approximate surface area is 202 Å². The predicted octanol–water partition coefficient (Wildman–Crippen LogP) is 5.21.